The zero-order valence-electron chi connectivity index (χ0n) is 11.7. The Balaban J connectivity index is 1.84. The third-order valence-corrected chi connectivity index (χ3v) is 3.64. The number of nitrogens with zero attached hydrogens (tertiary/aromatic N) is 1. The van der Waals surface area contributed by atoms with Crippen LogP contribution < -0.4 is 10.7 Å². The Bertz CT molecular complexity index is 808. The van der Waals surface area contributed by atoms with Gasteiger partial charge in [-0.05, 0) is 12.1 Å². The summed E-state index contributed by atoms with van der Waals surface area (Å²) in [6.45, 7) is 1.38. The van der Waals surface area contributed by atoms with E-state index in [9.17, 15) is 4.79 Å². The second-order valence-electron chi connectivity index (χ2n) is 5.19. The molecule has 108 valence electrons. The molecular weight excluding hydrogens is 288 g/mol. The van der Waals surface area contributed by atoms with Gasteiger partial charge in [0.25, 0.3) is 0 Å². The van der Waals surface area contributed by atoms with E-state index in [1.165, 1.54) is 10.5 Å². The lowest BCUT2D eigenvalue weighted by Crippen LogP contribution is -3.07. The molecule has 0 fully saturated rings. The van der Waals surface area contributed by atoms with E-state index in [1.807, 2.05) is 31.3 Å². The van der Waals surface area contributed by atoms with Gasteiger partial charge in [-0.3, -0.25) is 0 Å². The second kappa shape index (κ2) is 5.76. The van der Waals surface area contributed by atoms with Gasteiger partial charge in [-0.25, -0.2) is 9.36 Å². The number of benzene rings is 2. The van der Waals surface area contributed by atoms with Gasteiger partial charge in [0.2, 0.25) is 0 Å². The molecule has 0 aliphatic rings. The summed E-state index contributed by atoms with van der Waals surface area (Å²) >= 11 is 5.92. The van der Waals surface area contributed by atoms with Crippen molar-refractivity contribution in [3.63, 3.8) is 0 Å². The first kappa shape index (κ1) is 13.9. The van der Waals surface area contributed by atoms with Crippen molar-refractivity contribution < 1.29 is 9.32 Å². The molecule has 0 saturated carbocycles. The number of fused-ring (bicyclic) bond motifs is 1. The molecule has 3 rings (SSSR count). The average Bonchev–Trinajstić information content (AvgIpc) is 2.75. The van der Waals surface area contributed by atoms with E-state index in [1.54, 1.807) is 16.7 Å². The topological polar surface area (TPSA) is 39.6 Å². The zero-order chi connectivity index (χ0) is 14.8. The number of aromatic nitrogens is 1. The molecule has 1 unspecified atom stereocenters. The van der Waals surface area contributed by atoms with Gasteiger partial charge in [0.15, 0.2) is 12.3 Å². The molecule has 4 nitrogen and oxygen atoms in total. The molecule has 2 aromatic carbocycles. The molecule has 3 aromatic rings. The van der Waals surface area contributed by atoms with E-state index in [2.05, 4.69) is 12.1 Å². The largest absolute Gasteiger partial charge is 0.424 e. The number of quaternary nitrogens is 1. The Hall–Kier alpha value is -2.04. The molecule has 5 heteroatoms. The average molecular weight is 304 g/mol. The predicted molar refractivity (Wildman–Crippen MR) is 82.5 cm³/mol. The van der Waals surface area contributed by atoms with Gasteiger partial charge in [0.1, 0.15) is 6.54 Å². The summed E-state index contributed by atoms with van der Waals surface area (Å²) in [6, 6.07) is 15.4. The van der Waals surface area contributed by atoms with E-state index >= 15 is 0 Å². The minimum atomic E-state index is -0.348. The number of nitrogens with one attached hydrogen (secondary N) is 1. The molecule has 0 radical (unpaired) electrons. The number of oxazole rings is 1. The molecule has 1 atom stereocenters. The smallest absolute Gasteiger partial charge is 0.408 e. The third-order valence-electron chi connectivity index (χ3n) is 3.41. The maximum atomic E-state index is 12.0. The van der Waals surface area contributed by atoms with Crippen molar-refractivity contribution in [2.45, 2.75) is 13.2 Å². The van der Waals surface area contributed by atoms with Crippen LogP contribution >= 0.6 is 11.6 Å². The normalized spacial score (nSPS) is 12.7. The fraction of sp³-hybridized carbons (Fsp3) is 0.188. The van der Waals surface area contributed by atoms with Gasteiger partial charge >= 0.3 is 5.76 Å². The highest BCUT2D eigenvalue weighted by Crippen LogP contribution is 2.17. The van der Waals surface area contributed by atoms with Crippen molar-refractivity contribution in [1.29, 1.82) is 0 Å². The summed E-state index contributed by atoms with van der Waals surface area (Å²) in [7, 11) is 2.05. The zero-order valence-corrected chi connectivity index (χ0v) is 12.4. The fourth-order valence-electron chi connectivity index (χ4n) is 2.46. The molecule has 0 amide bonds. The molecule has 0 spiro atoms. The number of hydrogen-bond donors (Lipinski definition) is 1. The molecular formula is C16H16ClN2O2+. The Morgan fingerprint density at radius 2 is 1.95 bits per heavy atom. The van der Waals surface area contributed by atoms with Crippen molar-refractivity contribution >= 4 is 22.7 Å². The molecule has 0 bridgehead atoms. The lowest BCUT2D eigenvalue weighted by atomic mass is 10.2. The van der Waals surface area contributed by atoms with E-state index in [-0.39, 0.29) is 5.76 Å². The quantitative estimate of drug-likeness (QED) is 0.800. The van der Waals surface area contributed by atoms with E-state index in [4.69, 9.17) is 16.0 Å². The third kappa shape index (κ3) is 3.01. The van der Waals surface area contributed by atoms with Gasteiger partial charge in [-0.15, -0.1) is 0 Å². The summed E-state index contributed by atoms with van der Waals surface area (Å²) in [4.78, 5) is 13.2. The lowest BCUT2D eigenvalue weighted by Gasteiger charge is -2.14. The Kier molecular flexibility index (Phi) is 3.82. The maximum Gasteiger partial charge on any atom is 0.424 e. The second-order valence-corrected chi connectivity index (χ2v) is 5.62. The Morgan fingerprint density at radius 1 is 1.19 bits per heavy atom. The van der Waals surface area contributed by atoms with Crippen LogP contribution in [0.15, 0.2) is 57.7 Å². The first-order valence-electron chi connectivity index (χ1n) is 6.77. The first-order chi connectivity index (χ1) is 10.1. The lowest BCUT2D eigenvalue weighted by molar-refractivity contribution is -0.916. The van der Waals surface area contributed by atoms with Crippen molar-refractivity contribution in [2.24, 2.45) is 0 Å². The number of halogens is 1. The minimum Gasteiger partial charge on any atom is -0.408 e. The van der Waals surface area contributed by atoms with E-state index in [0.29, 0.717) is 17.3 Å². The van der Waals surface area contributed by atoms with Crippen LogP contribution in [0.5, 0.6) is 0 Å². The summed E-state index contributed by atoms with van der Waals surface area (Å²) in [5.41, 5.74) is 2.54. The molecule has 0 saturated heterocycles. The van der Waals surface area contributed by atoms with E-state index in [0.717, 1.165) is 12.1 Å². The van der Waals surface area contributed by atoms with E-state index < -0.39 is 0 Å². The van der Waals surface area contributed by atoms with Gasteiger partial charge in [0, 0.05) is 16.7 Å². The highest BCUT2D eigenvalue weighted by molar-refractivity contribution is 6.31. The molecule has 0 aliphatic heterocycles. The number of hydrogen-bond acceptors (Lipinski definition) is 2. The first-order valence-corrected chi connectivity index (χ1v) is 7.15. The van der Waals surface area contributed by atoms with Crippen LogP contribution in [0.2, 0.25) is 5.02 Å². The standard InChI is InChI=1S/C16H15ClN2O2/c1-18(10-12-5-3-2-4-6-12)11-19-14-8-7-13(17)9-15(14)21-16(19)20/h2-9H,10-11H2,1H3/p+1. The van der Waals surface area contributed by atoms with Crippen molar-refractivity contribution in [2.75, 3.05) is 7.05 Å². The summed E-state index contributed by atoms with van der Waals surface area (Å²) in [5, 5.41) is 0.563. The summed E-state index contributed by atoms with van der Waals surface area (Å²) < 4.78 is 6.88. The Morgan fingerprint density at radius 3 is 2.71 bits per heavy atom. The highest BCUT2D eigenvalue weighted by Gasteiger charge is 2.13. The van der Waals surface area contributed by atoms with Crippen LogP contribution in [0.1, 0.15) is 5.56 Å². The Labute approximate surface area is 127 Å². The molecule has 1 heterocycles. The van der Waals surface area contributed by atoms with Crippen molar-refractivity contribution in [3.8, 4) is 0 Å². The maximum absolute atomic E-state index is 12.0. The van der Waals surface area contributed by atoms with Crippen molar-refractivity contribution in [3.05, 3.63) is 69.7 Å². The van der Waals surface area contributed by atoms with Crippen LogP contribution in [0.25, 0.3) is 11.1 Å². The van der Waals surface area contributed by atoms with Crippen LogP contribution in [0, 0.1) is 0 Å². The fourth-order valence-corrected chi connectivity index (χ4v) is 2.62. The molecule has 21 heavy (non-hydrogen) atoms. The highest BCUT2D eigenvalue weighted by atomic mass is 35.5. The van der Waals surface area contributed by atoms with Crippen LogP contribution in [0.4, 0.5) is 0 Å². The van der Waals surface area contributed by atoms with Gasteiger partial charge in [0.05, 0.1) is 12.6 Å². The SMILES string of the molecule is C[NH+](Cc1ccccc1)Cn1c(=O)oc2cc(Cl)ccc21. The predicted octanol–water partition coefficient (Wildman–Crippen LogP) is 1.92. The van der Waals surface area contributed by atoms with Gasteiger partial charge < -0.3 is 9.32 Å². The van der Waals surface area contributed by atoms with Gasteiger partial charge in [-0.2, -0.15) is 0 Å². The monoisotopic (exact) mass is 303 g/mol. The molecule has 1 N–H and O–H groups in total. The van der Waals surface area contributed by atoms with Crippen LogP contribution in [0.3, 0.4) is 0 Å². The van der Waals surface area contributed by atoms with Gasteiger partial charge in [-0.1, -0.05) is 41.9 Å². The minimum absolute atomic E-state index is 0.348. The molecule has 1 aromatic heterocycles. The number of rotatable bonds is 4. The van der Waals surface area contributed by atoms with Crippen LogP contribution in [-0.4, -0.2) is 11.6 Å². The van der Waals surface area contributed by atoms with Crippen molar-refractivity contribution in [1.82, 2.24) is 4.57 Å². The summed E-state index contributed by atoms with van der Waals surface area (Å²) in [6.07, 6.45) is 0. The van der Waals surface area contributed by atoms with Crippen LogP contribution in [-0.2, 0) is 13.2 Å². The summed E-state index contributed by atoms with van der Waals surface area (Å²) in [5.74, 6) is -0.348. The molecule has 0 aliphatic carbocycles.